The lowest BCUT2D eigenvalue weighted by Crippen LogP contribution is -2.61. The third-order valence-electron chi connectivity index (χ3n) is 4.09. The number of nitrogens with zero attached hydrogens (tertiary/aromatic N) is 3. The Labute approximate surface area is 116 Å². The molecule has 3 rings (SSSR count). The minimum absolute atomic E-state index is 0.0873. The molecule has 0 N–H and O–H groups in total. The highest BCUT2D eigenvalue weighted by molar-refractivity contribution is 7.09. The lowest BCUT2D eigenvalue weighted by molar-refractivity contribution is -0.159. The maximum Gasteiger partial charge on any atom is 0.246 e. The maximum absolute atomic E-state index is 12.5. The van der Waals surface area contributed by atoms with E-state index >= 15 is 0 Å². The monoisotopic (exact) mass is 279 g/mol. The Hall–Kier alpha value is -1.43. The molecule has 0 spiro atoms. The first-order valence-electron chi connectivity index (χ1n) is 6.59. The molecular weight excluding hydrogens is 262 g/mol. The van der Waals surface area contributed by atoms with Gasteiger partial charge in [0.2, 0.25) is 11.8 Å². The Morgan fingerprint density at radius 1 is 1.42 bits per heavy atom. The number of carbonyl (C=O) groups is 2. The van der Waals surface area contributed by atoms with E-state index in [9.17, 15) is 9.59 Å². The first-order valence-corrected chi connectivity index (χ1v) is 7.47. The highest BCUT2D eigenvalue weighted by Gasteiger charge is 2.45. The van der Waals surface area contributed by atoms with Crippen molar-refractivity contribution in [3.05, 3.63) is 16.1 Å². The summed E-state index contributed by atoms with van der Waals surface area (Å²) in [4.78, 5) is 33.6. The van der Waals surface area contributed by atoms with E-state index in [1.54, 1.807) is 26.6 Å². The molecule has 2 amide bonds. The van der Waals surface area contributed by atoms with Gasteiger partial charge in [-0.1, -0.05) is 0 Å². The molecule has 0 aromatic carbocycles. The number of piperazine rings is 1. The lowest BCUT2D eigenvalue weighted by Gasteiger charge is -2.40. The predicted molar refractivity (Wildman–Crippen MR) is 71.6 cm³/mol. The van der Waals surface area contributed by atoms with Gasteiger partial charge in [-0.3, -0.25) is 9.59 Å². The second-order valence-electron chi connectivity index (χ2n) is 5.19. The summed E-state index contributed by atoms with van der Waals surface area (Å²) in [5.74, 6) is 0.182. The van der Waals surface area contributed by atoms with Crippen molar-refractivity contribution in [2.24, 2.45) is 0 Å². The summed E-state index contributed by atoms with van der Waals surface area (Å²) in [5, 5.41) is 0. The molecule has 1 aromatic rings. The average Bonchev–Trinajstić information content (AvgIpc) is 3.01. The summed E-state index contributed by atoms with van der Waals surface area (Å²) in [6.45, 7) is 5.00. The number of hydrogen-bond donors (Lipinski definition) is 0. The topological polar surface area (TPSA) is 53.5 Å². The van der Waals surface area contributed by atoms with Gasteiger partial charge in [0.05, 0.1) is 17.7 Å². The van der Waals surface area contributed by atoms with Crippen LogP contribution in [-0.4, -0.2) is 45.2 Å². The number of thiazole rings is 1. The van der Waals surface area contributed by atoms with Gasteiger partial charge in [0, 0.05) is 11.4 Å². The zero-order chi connectivity index (χ0) is 13.6. The van der Waals surface area contributed by atoms with Gasteiger partial charge in [-0.2, -0.15) is 0 Å². The van der Waals surface area contributed by atoms with Crippen LogP contribution in [0.3, 0.4) is 0 Å². The quantitative estimate of drug-likeness (QED) is 0.816. The summed E-state index contributed by atoms with van der Waals surface area (Å²) < 4.78 is 0. The molecule has 0 unspecified atom stereocenters. The maximum atomic E-state index is 12.5. The van der Waals surface area contributed by atoms with E-state index in [1.165, 1.54) is 0 Å². The van der Waals surface area contributed by atoms with E-state index in [0.29, 0.717) is 6.54 Å². The highest BCUT2D eigenvalue weighted by Crippen LogP contribution is 2.28. The van der Waals surface area contributed by atoms with Crippen LogP contribution < -0.4 is 0 Å². The molecule has 5 nitrogen and oxygen atoms in total. The number of hydrogen-bond acceptors (Lipinski definition) is 4. The number of aryl methyl sites for hydroxylation is 1. The molecule has 2 fully saturated rings. The Balaban J connectivity index is 1.86. The molecule has 0 radical (unpaired) electrons. The normalized spacial score (nSPS) is 27.1. The van der Waals surface area contributed by atoms with Crippen LogP contribution in [0.15, 0.2) is 5.51 Å². The van der Waals surface area contributed by atoms with Gasteiger partial charge >= 0.3 is 0 Å². The fourth-order valence-corrected chi connectivity index (χ4v) is 3.67. The van der Waals surface area contributed by atoms with Gasteiger partial charge < -0.3 is 9.80 Å². The Kier molecular flexibility index (Phi) is 3.05. The molecule has 1 aromatic heterocycles. The van der Waals surface area contributed by atoms with Gasteiger partial charge in [-0.05, 0) is 26.7 Å². The van der Waals surface area contributed by atoms with Crippen LogP contribution in [0.5, 0.6) is 0 Å². The number of amides is 2. The Bertz CT molecular complexity index is 528. The second kappa shape index (κ2) is 4.59. The van der Waals surface area contributed by atoms with E-state index in [0.717, 1.165) is 30.0 Å². The van der Waals surface area contributed by atoms with Crippen molar-refractivity contribution < 1.29 is 9.59 Å². The molecule has 2 atom stereocenters. The fourth-order valence-electron chi connectivity index (χ4n) is 2.89. The molecule has 2 aliphatic rings. The molecular formula is C13H17N3O2S. The first kappa shape index (κ1) is 12.6. The standard InChI is InChI=1S/C13H17N3O2S/c1-8-11(19-7-14-8)6-16-9(2)12(17)15-5-3-4-10(15)13(16)18/h7,9-10H,3-6H2,1-2H3/t9-,10+/m0/s1. The van der Waals surface area contributed by atoms with E-state index in [2.05, 4.69) is 4.98 Å². The van der Waals surface area contributed by atoms with Crippen molar-refractivity contribution in [3.63, 3.8) is 0 Å². The van der Waals surface area contributed by atoms with Gasteiger partial charge in [0.25, 0.3) is 0 Å². The third kappa shape index (κ3) is 1.94. The van der Waals surface area contributed by atoms with E-state index < -0.39 is 0 Å². The van der Waals surface area contributed by atoms with Crippen LogP contribution in [0.1, 0.15) is 30.3 Å². The second-order valence-corrected chi connectivity index (χ2v) is 6.13. The molecule has 102 valence electrons. The van der Waals surface area contributed by atoms with Crippen molar-refractivity contribution >= 4 is 23.2 Å². The van der Waals surface area contributed by atoms with Gasteiger partial charge in [0.1, 0.15) is 12.1 Å². The van der Waals surface area contributed by atoms with Crippen molar-refractivity contribution in [1.29, 1.82) is 0 Å². The number of rotatable bonds is 2. The molecule has 0 saturated carbocycles. The molecule has 2 aliphatic heterocycles. The van der Waals surface area contributed by atoms with Crippen LogP contribution in [-0.2, 0) is 16.1 Å². The molecule has 6 heteroatoms. The van der Waals surface area contributed by atoms with Crippen molar-refractivity contribution in [3.8, 4) is 0 Å². The van der Waals surface area contributed by atoms with Crippen molar-refractivity contribution in [2.45, 2.75) is 45.3 Å². The summed E-state index contributed by atoms with van der Waals surface area (Å²) in [7, 11) is 0. The minimum Gasteiger partial charge on any atom is -0.329 e. The fraction of sp³-hybridized carbons (Fsp3) is 0.615. The largest absolute Gasteiger partial charge is 0.329 e. The molecule has 2 saturated heterocycles. The zero-order valence-corrected chi connectivity index (χ0v) is 11.9. The predicted octanol–water partition coefficient (Wildman–Crippen LogP) is 1.17. The van der Waals surface area contributed by atoms with E-state index in [1.807, 2.05) is 13.8 Å². The zero-order valence-electron chi connectivity index (χ0n) is 11.1. The molecule has 3 heterocycles. The summed E-state index contributed by atoms with van der Waals surface area (Å²) >= 11 is 1.54. The van der Waals surface area contributed by atoms with Gasteiger partial charge in [0.15, 0.2) is 0 Å². The molecule has 19 heavy (non-hydrogen) atoms. The number of aromatic nitrogens is 1. The van der Waals surface area contributed by atoms with Gasteiger partial charge in [-0.25, -0.2) is 4.98 Å². The minimum atomic E-state index is -0.358. The SMILES string of the molecule is Cc1ncsc1CN1C(=O)[C@H]2CCCN2C(=O)[C@@H]1C. The molecule has 0 aliphatic carbocycles. The average molecular weight is 279 g/mol. The number of fused-ring (bicyclic) bond motifs is 1. The smallest absolute Gasteiger partial charge is 0.246 e. The van der Waals surface area contributed by atoms with Crippen LogP contribution in [0.2, 0.25) is 0 Å². The Morgan fingerprint density at radius 2 is 2.21 bits per heavy atom. The highest BCUT2D eigenvalue weighted by atomic mass is 32.1. The van der Waals surface area contributed by atoms with E-state index in [4.69, 9.17) is 0 Å². The van der Waals surface area contributed by atoms with Crippen LogP contribution in [0, 0.1) is 6.92 Å². The summed E-state index contributed by atoms with van der Waals surface area (Å²) in [6.07, 6.45) is 1.73. The van der Waals surface area contributed by atoms with Crippen LogP contribution in [0.25, 0.3) is 0 Å². The van der Waals surface area contributed by atoms with Crippen molar-refractivity contribution in [2.75, 3.05) is 6.54 Å². The van der Waals surface area contributed by atoms with Gasteiger partial charge in [-0.15, -0.1) is 11.3 Å². The summed E-state index contributed by atoms with van der Waals surface area (Å²) in [5.41, 5.74) is 2.74. The van der Waals surface area contributed by atoms with Crippen molar-refractivity contribution in [1.82, 2.24) is 14.8 Å². The van der Waals surface area contributed by atoms with Crippen LogP contribution >= 0.6 is 11.3 Å². The lowest BCUT2D eigenvalue weighted by atomic mass is 10.1. The Morgan fingerprint density at radius 3 is 2.89 bits per heavy atom. The third-order valence-corrected chi connectivity index (χ3v) is 5.01. The van der Waals surface area contributed by atoms with E-state index in [-0.39, 0.29) is 23.9 Å². The number of carbonyl (C=O) groups excluding carboxylic acids is 2. The summed E-state index contributed by atoms with van der Waals surface area (Å²) in [6, 6.07) is -0.583. The van der Waals surface area contributed by atoms with Crippen LogP contribution in [0.4, 0.5) is 0 Å². The molecule has 0 bridgehead atoms. The first-order chi connectivity index (χ1) is 9.09.